The summed E-state index contributed by atoms with van der Waals surface area (Å²) in [5.41, 5.74) is 5.66. The summed E-state index contributed by atoms with van der Waals surface area (Å²) in [6.07, 6.45) is 0. The number of amides is 2. The van der Waals surface area contributed by atoms with Gasteiger partial charge in [-0.15, -0.1) is 0 Å². The Morgan fingerprint density at radius 3 is 2.12 bits per heavy atom. The molecule has 17 heavy (non-hydrogen) atoms. The summed E-state index contributed by atoms with van der Waals surface area (Å²) in [5, 5.41) is 0. The van der Waals surface area contributed by atoms with Crippen LogP contribution in [0.5, 0.6) is 0 Å². The van der Waals surface area contributed by atoms with E-state index in [0.717, 1.165) is 13.1 Å². The number of rotatable bonds is 2. The van der Waals surface area contributed by atoms with Crippen LogP contribution in [0.1, 0.15) is 6.92 Å². The lowest BCUT2D eigenvalue weighted by Gasteiger charge is -2.39. The molecule has 0 spiro atoms. The molecule has 2 fully saturated rings. The fraction of sp³-hybridized carbons (Fsp3) is 0.818. The largest absolute Gasteiger partial charge is 0.339 e. The molecule has 0 unspecified atom stereocenters. The maximum atomic E-state index is 11.9. The number of hydrogen-bond acceptors (Lipinski definition) is 4. The summed E-state index contributed by atoms with van der Waals surface area (Å²) in [7, 11) is 0. The van der Waals surface area contributed by atoms with E-state index < -0.39 is 0 Å². The highest BCUT2D eigenvalue weighted by molar-refractivity contribution is 5.79. The monoisotopic (exact) mass is 240 g/mol. The van der Waals surface area contributed by atoms with Crippen LogP contribution in [0.2, 0.25) is 0 Å². The third-order valence-electron chi connectivity index (χ3n) is 3.42. The molecule has 6 heteroatoms. The summed E-state index contributed by atoms with van der Waals surface area (Å²) in [5.74, 6) is 0.242. The van der Waals surface area contributed by atoms with E-state index in [0.29, 0.717) is 32.7 Å². The minimum Gasteiger partial charge on any atom is -0.339 e. The molecule has 2 N–H and O–H groups in total. The van der Waals surface area contributed by atoms with Crippen LogP contribution in [0.25, 0.3) is 0 Å². The predicted molar refractivity (Wildman–Crippen MR) is 63.2 cm³/mol. The number of carbonyl (C=O) groups excluding carboxylic acids is 2. The number of nitrogens with two attached hydrogens (primary N) is 1. The molecule has 96 valence electrons. The van der Waals surface area contributed by atoms with Gasteiger partial charge in [-0.3, -0.25) is 14.5 Å². The Bertz CT molecular complexity index is 307. The van der Waals surface area contributed by atoms with Crippen LogP contribution in [0.3, 0.4) is 0 Å². The van der Waals surface area contributed by atoms with Gasteiger partial charge >= 0.3 is 0 Å². The van der Waals surface area contributed by atoms with Crippen molar-refractivity contribution in [2.24, 2.45) is 5.73 Å². The molecule has 6 nitrogen and oxygen atoms in total. The van der Waals surface area contributed by atoms with E-state index in [4.69, 9.17) is 5.73 Å². The van der Waals surface area contributed by atoms with Crippen molar-refractivity contribution in [2.75, 3.05) is 45.8 Å². The molecule has 2 aliphatic heterocycles. The molecular weight excluding hydrogens is 220 g/mol. The van der Waals surface area contributed by atoms with Gasteiger partial charge in [0.2, 0.25) is 11.8 Å². The third-order valence-corrected chi connectivity index (χ3v) is 3.42. The Morgan fingerprint density at radius 2 is 1.65 bits per heavy atom. The highest BCUT2D eigenvalue weighted by Crippen LogP contribution is 2.07. The third kappa shape index (κ3) is 2.95. The van der Waals surface area contributed by atoms with E-state index in [1.165, 1.54) is 0 Å². The average molecular weight is 240 g/mol. The maximum Gasteiger partial charge on any atom is 0.236 e. The summed E-state index contributed by atoms with van der Waals surface area (Å²) in [6, 6.07) is 0.234. The van der Waals surface area contributed by atoms with Gasteiger partial charge in [-0.25, -0.2) is 0 Å². The zero-order valence-corrected chi connectivity index (χ0v) is 10.3. The number of piperazine rings is 1. The molecule has 2 amide bonds. The van der Waals surface area contributed by atoms with Crippen molar-refractivity contribution < 1.29 is 9.59 Å². The second-order valence-electron chi connectivity index (χ2n) is 4.84. The Hall–Kier alpha value is -1.14. The number of nitrogens with zero attached hydrogens (tertiary/aromatic N) is 3. The van der Waals surface area contributed by atoms with E-state index in [1.807, 2.05) is 4.90 Å². The van der Waals surface area contributed by atoms with Gasteiger partial charge in [0.25, 0.3) is 0 Å². The maximum absolute atomic E-state index is 11.9. The summed E-state index contributed by atoms with van der Waals surface area (Å²) in [4.78, 5) is 28.7. The molecule has 0 aromatic carbocycles. The molecule has 2 saturated heterocycles. The fourth-order valence-electron chi connectivity index (χ4n) is 2.30. The first kappa shape index (κ1) is 12.3. The van der Waals surface area contributed by atoms with Crippen LogP contribution in [-0.2, 0) is 9.59 Å². The first-order valence-electron chi connectivity index (χ1n) is 6.07. The smallest absolute Gasteiger partial charge is 0.236 e. The van der Waals surface area contributed by atoms with Gasteiger partial charge in [0.15, 0.2) is 0 Å². The molecule has 0 atom stereocenters. The fourth-order valence-corrected chi connectivity index (χ4v) is 2.30. The Morgan fingerprint density at radius 1 is 1.12 bits per heavy atom. The van der Waals surface area contributed by atoms with Gasteiger partial charge in [-0.1, -0.05) is 0 Å². The van der Waals surface area contributed by atoms with Crippen LogP contribution >= 0.6 is 0 Å². The van der Waals surface area contributed by atoms with Crippen molar-refractivity contribution >= 4 is 11.8 Å². The van der Waals surface area contributed by atoms with Gasteiger partial charge in [0.1, 0.15) is 0 Å². The zero-order valence-electron chi connectivity index (χ0n) is 10.3. The lowest BCUT2D eigenvalue weighted by Crippen LogP contribution is -2.59. The highest BCUT2D eigenvalue weighted by Gasteiger charge is 2.28. The molecule has 0 aromatic heterocycles. The van der Waals surface area contributed by atoms with Crippen molar-refractivity contribution in [1.29, 1.82) is 0 Å². The van der Waals surface area contributed by atoms with Crippen molar-refractivity contribution in [3.8, 4) is 0 Å². The van der Waals surface area contributed by atoms with Gasteiger partial charge in [0, 0.05) is 52.2 Å². The molecule has 0 bridgehead atoms. The number of hydrogen-bond donors (Lipinski definition) is 1. The minimum absolute atomic E-state index is 0.0887. The first-order valence-corrected chi connectivity index (χ1v) is 6.07. The molecule has 0 radical (unpaired) electrons. The van der Waals surface area contributed by atoms with E-state index in [9.17, 15) is 9.59 Å². The quantitative estimate of drug-likeness (QED) is 0.626. The zero-order chi connectivity index (χ0) is 12.4. The van der Waals surface area contributed by atoms with Gasteiger partial charge in [0.05, 0.1) is 6.54 Å². The Kier molecular flexibility index (Phi) is 3.63. The first-order chi connectivity index (χ1) is 8.06. The molecule has 2 aliphatic rings. The van der Waals surface area contributed by atoms with Crippen molar-refractivity contribution in [3.63, 3.8) is 0 Å². The van der Waals surface area contributed by atoms with Crippen molar-refractivity contribution in [1.82, 2.24) is 14.7 Å². The van der Waals surface area contributed by atoms with E-state index >= 15 is 0 Å². The standard InChI is InChI=1S/C11H20N4O2/c1-9(16)14-2-4-15(5-3-14)11(17)8-13-6-10(12)7-13/h10H,2-8,12H2,1H3. The van der Waals surface area contributed by atoms with Gasteiger partial charge in [-0.05, 0) is 0 Å². The topological polar surface area (TPSA) is 69.9 Å². The second kappa shape index (κ2) is 5.01. The molecule has 0 aromatic rings. The molecule has 0 saturated carbocycles. The van der Waals surface area contributed by atoms with E-state index in [-0.39, 0.29) is 17.9 Å². The number of likely N-dealkylation sites (tertiary alicyclic amines) is 1. The molecule has 2 rings (SSSR count). The van der Waals surface area contributed by atoms with Crippen LogP contribution in [0.4, 0.5) is 0 Å². The van der Waals surface area contributed by atoms with Crippen LogP contribution in [0.15, 0.2) is 0 Å². The van der Waals surface area contributed by atoms with Gasteiger partial charge in [-0.2, -0.15) is 0 Å². The average Bonchev–Trinajstić information content (AvgIpc) is 2.27. The normalized spacial score (nSPS) is 22.5. The molecule has 0 aliphatic carbocycles. The minimum atomic E-state index is 0.0887. The van der Waals surface area contributed by atoms with Crippen molar-refractivity contribution in [3.05, 3.63) is 0 Å². The molecule has 2 heterocycles. The van der Waals surface area contributed by atoms with E-state index in [1.54, 1.807) is 11.8 Å². The lowest BCUT2D eigenvalue weighted by molar-refractivity contribution is -0.139. The lowest BCUT2D eigenvalue weighted by atomic mass is 10.1. The van der Waals surface area contributed by atoms with Gasteiger partial charge < -0.3 is 15.5 Å². The van der Waals surface area contributed by atoms with E-state index in [2.05, 4.69) is 4.90 Å². The predicted octanol–water partition coefficient (Wildman–Crippen LogP) is -1.68. The highest BCUT2D eigenvalue weighted by atomic mass is 16.2. The summed E-state index contributed by atoms with van der Waals surface area (Å²) >= 11 is 0. The van der Waals surface area contributed by atoms with Crippen LogP contribution in [-0.4, -0.2) is 78.4 Å². The Labute approximate surface area is 101 Å². The SMILES string of the molecule is CC(=O)N1CCN(C(=O)CN2CC(N)C2)CC1. The van der Waals surface area contributed by atoms with Crippen LogP contribution in [0, 0.1) is 0 Å². The second-order valence-corrected chi connectivity index (χ2v) is 4.84. The van der Waals surface area contributed by atoms with Crippen LogP contribution < -0.4 is 5.73 Å². The van der Waals surface area contributed by atoms with Crippen molar-refractivity contribution in [2.45, 2.75) is 13.0 Å². The number of carbonyl (C=O) groups is 2. The summed E-state index contributed by atoms with van der Waals surface area (Å²) < 4.78 is 0. The Balaban J connectivity index is 1.72. The summed E-state index contributed by atoms with van der Waals surface area (Å²) in [6.45, 7) is 6.28. The molecular formula is C11H20N4O2.